The number of ether oxygens (including phenoxy) is 1. The molecule has 5 heteroatoms. The van der Waals surface area contributed by atoms with Gasteiger partial charge in [0.15, 0.2) is 0 Å². The van der Waals surface area contributed by atoms with Crippen molar-refractivity contribution in [1.82, 2.24) is 0 Å². The molecule has 0 saturated carbocycles. The monoisotopic (exact) mass is 291 g/mol. The second kappa shape index (κ2) is 6.72. The molecule has 2 rings (SSSR count). The predicted octanol–water partition coefficient (Wildman–Crippen LogP) is 2.46. The molecule has 0 spiro atoms. The molecule has 1 unspecified atom stereocenters. The average molecular weight is 291 g/mol. The van der Waals surface area contributed by atoms with E-state index in [1.807, 2.05) is 31.2 Å². The van der Waals surface area contributed by atoms with Gasteiger partial charge >= 0.3 is 5.97 Å². The molecular formula is C16H21NO4. The summed E-state index contributed by atoms with van der Waals surface area (Å²) in [6.07, 6.45) is 2.25. The van der Waals surface area contributed by atoms with E-state index in [0.717, 1.165) is 18.4 Å². The van der Waals surface area contributed by atoms with Gasteiger partial charge in [0.05, 0.1) is 12.0 Å². The highest BCUT2D eigenvalue weighted by molar-refractivity contribution is 5.95. The molecule has 1 aromatic carbocycles. The van der Waals surface area contributed by atoms with Crippen LogP contribution in [0, 0.1) is 5.41 Å². The summed E-state index contributed by atoms with van der Waals surface area (Å²) < 4.78 is 5.41. The Morgan fingerprint density at radius 3 is 2.90 bits per heavy atom. The maximum absolute atomic E-state index is 12.4. The van der Waals surface area contributed by atoms with E-state index in [1.165, 1.54) is 0 Å². The van der Waals surface area contributed by atoms with Crippen molar-refractivity contribution in [2.24, 2.45) is 5.41 Å². The number of carboxylic acid groups (broad SMARTS) is 1. The molecule has 1 atom stereocenters. The minimum Gasteiger partial charge on any atom is -0.481 e. The van der Waals surface area contributed by atoms with Gasteiger partial charge < -0.3 is 15.2 Å². The number of carbonyl (C=O) groups is 2. The number of aliphatic carboxylic acids is 1. The zero-order valence-corrected chi connectivity index (χ0v) is 12.2. The van der Waals surface area contributed by atoms with E-state index in [9.17, 15) is 9.59 Å². The van der Waals surface area contributed by atoms with Crippen LogP contribution in [0.1, 0.15) is 31.7 Å². The molecule has 1 aliphatic heterocycles. The number of amides is 1. The van der Waals surface area contributed by atoms with Crippen LogP contribution in [0.25, 0.3) is 0 Å². The molecule has 0 aliphatic carbocycles. The summed E-state index contributed by atoms with van der Waals surface area (Å²) in [6.45, 7) is 3.07. The lowest BCUT2D eigenvalue weighted by molar-refractivity contribution is -0.137. The number of hydrogen-bond acceptors (Lipinski definition) is 3. The van der Waals surface area contributed by atoms with Gasteiger partial charge in [-0.2, -0.15) is 0 Å². The summed E-state index contributed by atoms with van der Waals surface area (Å²) in [5.41, 5.74) is 1.12. The highest BCUT2D eigenvalue weighted by Gasteiger charge is 2.35. The van der Waals surface area contributed by atoms with Gasteiger partial charge in [0, 0.05) is 18.7 Å². The first-order chi connectivity index (χ1) is 9.99. The average Bonchev–Trinajstić information content (AvgIpc) is 2.46. The fourth-order valence-corrected chi connectivity index (χ4v) is 2.45. The first-order valence-corrected chi connectivity index (χ1v) is 7.19. The molecule has 0 aromatic heterocycles. The highest BCUT2D eigenvalue weighted by Crippen LogP contribution is 2.29. The van der Waals surface area contributed by atoms with E-state index in [0.29, 0.717) is 25.3 Å². The van der Waals surface area contributed by atoms with Gasteiger partial charge in [-0.3, -0.25) is 9.59 Å². The van der Waals surface area contributed by atoms with Crippen molar-refractivity contribution in [3.8, 4) is 0 Å². The zero-order chi connectivity index (χ0) is 15.3. The van der Waals surface area contributed by atoms with E-state index in [4.69, 9.17) is 9.84 Å². The number of anilines is 1. The van der Waals surface area contributed by atoms with E-state index in [-0.39, 0.29) is 12.3 Å². The predicted molar refractivity (Wildman–Crippen MR) is 79.2 cm³/mol. The quantitative estimate of drug-likeness (QED) is 0.873. The second-order valence-electron chi connectivity index (χ2n) is 5.77. The molecule has 1 saturated heterocycles. The van der Waals surface area contributed by atoms with E-state index < -0.39 is 11.4 Å². The van der Waals surface area contributed by atoms with E-state index in [1.54, 1.807) is 0 Å². The van der Waals surface area contributed by atoms with Crippen LogP contribution in [0.2, 0.25) is 0 Å². The number of carbonyl (C=O) groups excluding carboxylic acids is 1. The molecule has 114 valence electrons. The van der Waals surface area contributed by atoms with Crippen LogP contribution >= 0.6 is 0 Å². The lowest BCUT2D eigenvalue weighted by Gasteiger charge is -2.31. The molecule has 1 aromatic rings. The highest BCUT2D eigenvalue weighted by atomic mass is 16.5. The van der Waals surface area contributed by atoms with Crippen LogP contribution in [0.3, 0.4) is 0 Å². The fraction of sp³-hybridized carbons (Fsp3) is 0.500. The number of nitrogens with one attached hydrogen (secondary N) is 1. The fourth-order valence-electron chi connectivity index (χ4n) is 2.45. The third-order valence-electron chi connectivity index (χ3n) is 3.80. The standard InChI is InChI=1S/C16H21NO4/c1-16(8-3-9-21-11-16)15(20)17-13-5-2-4-12(10-13)6-7-14(18)19/h2,4-5,10H,3,6-9,11H2,1H3,(H,17,20)(H,18,19). The largest absolute Gasteiger partial charge is 0.481 e. The number of hydrogen-bond donors (Lipinski definition) is 2. The maximum Gasteiger partial charge on any atom is 0.303 e. The third-order valence-corrected chi connectivity index (χ3v) is 3.80. The Morgan fingerprint density at radius 2 is 2.24 bits per heavy atom. The van der Waals surface area contributed by atoms with Crippen LogP contribution < -0.4 is 5.32 Å². The number of benzene rings is 1. The van der Waals surface area contributed by atoms with Gasteiger partial charge in [0.25, 0.3) is 0 Å². The molecule has 0 radical (unpaired) electrons. The molecule has 0 bridgehead atoms. The second-order valence-corrected chi connectivity index (χ2v) is 5.77. The molecular weight excluding hydrogens is 270 g/mol. The van der Waals surface area contributed by atoms with Crippen LogP contribution in [0.4, 0.5) is 5.69 Å². The summed E-state index contributed by atoms with van der Waals surface area (Å²) in [7, 11) is 0. The van der Waals surface area contributed by atoms with Crippen LogP contribution in [-0.2, 0) is 20.7 Å². The third kappa shape index (κ3) is 4.29. The zero-order valence-electron chi connectivity index (χ0n) is 12.2. The minimum absolute atomic E-state index is 0.0439. The molecule has 2 N–H and O–H groups in total. The van der Waals surface area contributed by atoms with E-state index >= 15 is 0 Å². The van der Waals surface area contributed by atoms with Crippen molar-refractivity contribution in [2.75, 3.05) is 18.5 Å². The van der Waals surface area contributed by atoms with Crippen molar-refractivity contribution in [1.29, 1.82) is 0 Å². The Labute approximate surface area is 124 Å². The number of carboxylic acids is 1. The Morgan fingerprint density at radius 1 is 1.43 bits per heavy atom. The molecule has 1 heterocycles. The minimum atomic E-state index is -0.823. The Kier molecular flexibility index (Phi) is 4.96. The summed E-state index contributed by atoms with van der Waals surface area (Å²) in [5, 5.41) is 11.6. The van der Waals surface area contributed by atoms with Gasteiger partial charge in [0.1, 0.15) is 0 Å². The molecule has 1 fully saturated rings. The van der Waals surface area contributed by atoms with Crippen LogP contribution in [-0.4, -0.2) is 30.2 Å². The van der Waals surface area contributed by atoms with Gasteiger partial charge in [-0.1, -0.05) is 12.1 Å². The Bertz CT molecular complexity index is 521. The van der Waals surface area contributed by atoms with Crippen molar-refractivity contribution in [3.05, 3.63) is 29.8 Å². The molecule has 1 amide bonds. The van der Waals surface area contributed by atoms with Crippen LogP contribution in [0.15, 0.2) is 24.3 Å². The molecule has 5 nitrogen and oxygen atoms in total. The van der Waals surface area contributed by atoms with Crippen molar-refractivity contribution < 1.29 is 19.4 Å². The molecule has 1 aliphatic rings. The Balaban J connectivity index is 2.00. The van der Waals surface area contributed by atoms with Gasteiger partial charge in [0.2, 0.25) is 5.91 Å². The first kappa shape index (κ1) is 15.5. The van der Waals surface area contributed by atoms with E-state index in [2.05, 4.69) is 5.32 Å². The first-order valence-electron chi connectivity index (χ1n) is 7.19. The Hall–Kier alpha value is -1.88. The molecule has 21 heavy (non-hydrogen) atoms. The van der Waals surface area contributed by atoms with Gasteiger partial charge in [-0.25, -0.2) is 0 Å². The van der Waals surface area contributed by atoms with Crippen LogP contribution in [0.5, 0.6) is 0 Å². The van der Waals surface area contributed by atoms with Crippen molar-refractivity contribution in [3.63, 3.8) is 0 Å². The summed E-state index contributed by atoms with van der Waals surface area (Å²) >= 11 is 0. The van der Waals surface area contributed by atoms with Crippen molar-refractivity contribution >= 4 is 17.6 Å². The number of aryl methyl sites for hydroxylation is 1. The summed E-state index contributed by atoms with van der Waals surface area (Å²) in [6, 6.07) is 7.33. The lowest BCUT2D eigenvalue weighted by atomic mass is 9.84. The van der Waals surface area contributed by atoms with Gasteiger partial charge in [-0.05, 0) is 43.9 Å². The topological polar surface area (TPSA) is 75.6 Å². The lowest BCUT2D eigenvalue weighted by Crippen LogP contribution is -2.40. The number of rotatable bonds is 5. The maximum atomic E-state index is 12.4. The smallest absolute Gasteiger partial charge is 0.303 e. The normalized spacial score (nSPS) is 21.8. The SMILES string of the molecule is CC1(C(=O)Nc2cccc(CCC(=O)O)c2)CCCOC1. The summed E-state index contributed by atoms with van der Waals surface area (Å²) in [4.78, 5) is 23.0. The van der Waals surface area contributed by atoms with Crippen molar-refractivity contribution in [2.45, 2.75) is 32.6 Å². The summed E-state index contributed by atoms with van der Waals surface area (Å²) in [5.74, 6) is -0.867. The van der Waals surface area contributed by atoms with Gasteiger partial charge in [-0.15, -0.1) is 0 Å².